The maximum atomic E-state index is 13.0. The molecule has 156 valence electrons. The number of ether oxygens (including phenoxy) is 1. The molecule has 1 heterocycles. The van der Waals surface area contributed by atoms with Gasteiger partial charge in [0, 0.05) is 37.6 Å². The van der Waals surface area contributed by atoms with Crippen molar-refractivity contribution in [2.45, 2.75) is 6.92 Å². The minimum Gasteiger partial charge on any atom is -0.495 e. The first-order valence-electron chi connectivity index (χ1n) is 10.2. The first-order valence-corrected chi connectivity index (χ1v) is 11.0. The summed E-state index contributed by atoms with van der Waals surface area (Å²) < 4.78 is 6.33. The van der Waals surface area contributed by atoms with Crippen molar-refractivity contribution < 1.29 is 9.53 Å². The number of hydrogen-bond acceptors (Lipinski definition) is 4. The van der Waals surface area contributed by atoms with E-state index in [0.29, 0.717) is 11.3 Å². The normalized spacial score (nSPS) is 14.7. The number of carbonyl (C=O) groups is 1. The summed E-state index contributed by atoms with van der Waals surface area (Å²) in [6.45, 7) is 7.55. The van der Waals surface area contributed by atoms with Crippen molar-refractivity contribution in [2.24, 2.45) is 0 Å². The van der Waals surface area contributed by atoms with Crippen LogP contribution in [-0.2, 0) is 0 Å². The zero-order chi connectivity index (χ0) is 21.1. The van der Waals surface area contributed by atoms with Gasteiger partial charge in [-0.3, -0.25) is 4.79 Å². The molecule has 0 spiro atoms. The molecule has 0 bridgehead atoms. The van der Waals surface area contributed by atoms with E-state index in [1.165, 1.54) is 5.69 Å². The summed E-state index contributed by atoms with van der Waals surface area (Å²) in [5.41, 5.74) is 2.46. The number of likely N-dealkylation sites (N-methyl/N-ethyl adjacent to an activating group) is 1. The van der Waals surface area contributed by atoms with Crippen molar-refractivity contribution in [1.82, 2.24) is 4.90 Å². The van der Waals surface area contributed by atoms with Crippen LogP contribution in [0.3, 0.4) is 0 Å². The third-order valence-corrected chi connectivity index (χ3v) is 6.49. The van der Waals surface area contributed by atoms with Crippen LogP contribution in [0, 0.1) is 0 Å². The molecular formula is C24H26BrN3O2. The van der Waals surface area contributed by atoms with Crippen molar-refractivity contribution in [3.05, 3.63) is 64.6 Å². The monoisotopic (exact) mass is 467 g/mol. The van der Waals surface area contributed by atoms with Gasteiger partial charge in [-0.1, -0.05) is 31.2 Å². The summed E-state index contributed by atoms with van der Waals surface area (Å²) in [5.74, 6) is 0.347. The average molecular weight is 468 g/mol. The number of piperazine rings is 1. The van der Waals surface area contributed by atoms with E-state index in [0.717, 1.165) is 53.7 Å². The maximum absolute atomic E-state index is 13.0. The molecule has 0 aromatic heterocycles. The lowest BCUT2D eigenvalue weighted by molar-refractivity contribution is 0.102. The Balaban J connectivity index is 1.52. The molecule has 3 aromatic rings. The highest BCUT2D eigenvalue weighted by Crippen LogP contribution is 2.37. The number of benzene rings is 3. The average Bonchev–Trinajstić information content (AvgIpc) is 2.79. The van der Waals surface area contributed by atoms with Crippen molar-refractivity contribution in [2.75, 3.05) is 50.1 Å². The number of amides is 1. The standard InChI is InChI=1S/C24H26BrN3O2/c1-3-27-12-14-28(15-13-27)19-10-8-18(9-11-19)26-24(29)21-16-17-6-4-5-7-20(17)22(25)23(21)30-2/h4-11,16H,3,12-15H2,1-2H3,(H,26,29). The Morgan fingerprint density at radius 3 is 2.43 bits per heavy atom. The van der Waals surface area contributed by atoms with Gasteiger partial charge in [-0.05, 0) is 63.6 Å². The van der Waals surface area contributed by atoms with Crippen LogP contribution in [0.5, 0.6) is 5.75 Å². The number of carbonyl (C=O) groups excluding carboxylic acids is 1. The minimum atomic E-state index is -0.192. The van der Waals surface area contributed by atoms with Gasteiger partial charge < -0.3 is 19.9 Å². The van der Waals surface area contributed by atoms with Crippen LogP contribution in [0.1, 0.15) is 17.3 Å². The van der Waals surface area contributed by atoms with Crippen LogP contribution in [0.25, 0.3) is 10.8 Å². The van der Waals surface area contributed by atoms with E-state index in [-0.39, 0.29) is 5.91 Å². The fourth-order valence-electron chi connectivity index (χ4n) is 3.93. The summed E-state index contributed by atoms with van der Waals surface area (Å²) in [5, 5.41) is 5.00. The molecule has 1 saturated heterocycles. The zero-order valence-corrected chi connectivity index (χ0v) is 18.9. The zero-order valence-electron chi connectivity index (χ0n) is 17.3. The van der Waals surface area contributed by atoms with Gasteiger partial charge in [0.2, 0.25) is 0 Å². The lowest BCUT2D eigenvalue weighted by Gasteiger charge is -2.35. The van der Waals surface area contributed by atoms with E-state index in [4.69, 9.17) is 4.74 Å². The van der Waals surface area contributed by atoms with Crippen LogP contribution >= 0.6 is 15.9 Å². The fourth-order valence-corrected chi connectivity index (χ4v) is 4.67. The molecular weight excluding hydrogens is 442 g/mol. The number of halogens is 1. The van der Waals surface area contributed by atoms with Crippen LogP contribution in [0.4, 0.5) is 11.4 Å². The van der Waals surface area contributed by atoms with Crippen LogP contribution in [0.2, 0.25) is 0 Å². The number of nitrogens with one attached hydrogen (secondary N) is 1. The number of fused-ring (bicyclic) bond motifs is 1. The quantitative estimate of drug-likeness (QED) is 0.572. The molecule has 1 N–H and O–H groups in total. The van der Waals surface area contributed by atoms with Crippen molar-refractivity contribution in [1.29, 1.82) is 0 Å². The van der Waals surface area contributed by atoms with E-state index >= 15 is 0 Å². The molecule has 1 aliphatic heterocycles. The molecule has 30 heavy (non-hydrogen) atoms. The molecule has 4 rings (SSSR count). The molecule has 1 amide bonds. The first-order chi connectivity index (χ1) is 14.6. The van der Waals surface area contributed by atoms with Gasteiger partial charge >= 0.3 is 0 Å². The number of hydrogen-bond donors (Lipinski definition) is 1. The highest BCUT2D eigenvalue weighted by molar-refractivity contribution is 9.10. The third kappa shape index (κ3) is 4.16. The molecule has 0 saturated carbocycles. The Labute approximate surface area is 185 Å². The Morgan fingerprint density at radius 2 is 1.77 bits per heavy atom. The molecule has 0 unspecified atom stereocenters. The number of anilines is 2. The summed E-state index contributed by atoms with van der Waals surface area (Å²) in [7, 11) is 1.58. The van der Waals surface area contributed by atoms with Gasteiger partial charge in [0.15, 0.2) is 0 Å². The second-order valence-corrected chi connectivity index (χ2v) is 8.21. The topological polar surface area (TPSA) is 44.8 Å². The van der Waals surface area contributed by atoms with Crippen LogP contribution in [0.15, 0.2) is 59.1 Å². The molecule has 1 fully saturated rings. The van der Waals surface area contributed by atoms with E-state index in [9.17, 15) is 4.79 Å². The van der Waals surface area contributed by atoms with E-state index in [2.05, 4.69) is 50.1 Å². The summed E-state index contributed by atoms with van der Waals surface area (Å²) in [6, 6.07) is 17.9. The molecule has 1 aliphatic rings. The highest BCUT2D eigenvalue weighted by atomic mass is 79.9. The lowest BCUT2D eigenvalue weighted by atomic mass is 10.0. The van der Waals surface area contributed by atoms with Gasteiger partial charge in [-0.15, -0.1) is 0 Å². The fraction of sp³-hybridized carbons (Fsp3) is 0.292. The Bertz CT molecular complexity index is 1040. The van der Waals surface area contributed by atoms with Crippen LogP contribution in [-0.4, -0.2) is 50.6 Å². The van der Waals surface area contributed by atoms with Gasteiger partial charge in [-0.25, -0.2) is 0 Å². The van der Waals surface area contributed by atoms with Crippen molar-refractivity contribution in [3.63, 3.8) is 0 Å². The van der Waals surface area contributed by atoms with Crippen molar-refractivity contribution >= 4 is 44.0 Å². The summed E-state index contributed by atoms with van der Waals surface area (Å²) >= 11 is 3.60. The Kier molecular flexibility index (Phi) is 6.25. The Morgan fingerprint density at radius 1 is 1.07 bits per heavy atom. The van der Waals surface area contributed by atoms with Crippen LogP contribution < -0.4 is 15.0 Å². The van der Waals surface area contributed by atoms with Gasteiger partial charge in [-0.2, -0.15) is 0 Å². The first kappa shape index (κ1) is 20.7. The SMILES string of the molecule is CCN1CCN(c2ccc(NC(=O)c3cc4ccccc4c(Br)c3OC)cc2)CC1. The summed E-state index contributed by atoms with van der Waals surface area (Å²) in [4.78, 5) is 17.9. The molecule has 3 aromatic carbocycles. The second-order valence-electron chi connectivity index (χ2n) is 7.41. The number of nitrogens with zero attached hydrogens (tertiary/aromatic N) is 2. The Hall–Kier alpha value is -2.57. The smallest absolute Gasteiger partial charge is 0.259 e. The largest absolute Gasteiger partial charge is 0.495 e. The minimum absolute atomic E-state index is 0.192. The van der Waals surface area contributed by atoms with Gasteiger partial charge in [0.25, 0.3) is 5.91 Å². The van der Waals surface area contributed by atoms with Gasteiger partial charge in [0.1, 0.15) is 5.75 Å². The molecule has 5 nitrogen and oxygen atoms in total. The highest BCUT2D eigenvalue weighted by Gasteiger charge is 2.19. The molecule has 0 aliphatic carbocycles. The number of methoxy groups -OCH3 is 1. The van der Waals surface area contributed by atoms with Crippen molar-refractivity contribution in [3.8, 4) is 5.75 Å². The predicted molar refractivity (Wildman–Crippen MR) is 127 cm³/mol. The number of rotatable bonds is 5. The lowest BCUT2D eigenvalue weighted by Crippen LogP contribution is -2.46. The van der Waals surface area contributed by atoms with E-state index in [1.807, 2.05) is 42.5 Å². The van der Waals surface area contributed by atoms with E-state index in [1.54, 1.807) is 7.11 Å². The molecule has 6 heteroatoms. The second kappa shape index (κ2) is 9.06. The predicted octanol–water partition coefficient (Wildman–Crippen LogP) is 5.01. The molecule has 0 radical (unpaired) electrons. The third-order valence-electron chi connectivity index (χ3n) is 5.70. The van der Waals surface area contributed by atoms with Gasteiger partial charge in [0.05, 0.1) is 17.1 Å². The maximum Gasteiger partial charge on any atom is 0.259 e. The summed E-state index contributed by atoms with van der Waals surface area (Å²) in [6.07, 6.45) is 0. The molecule has 0 atom stereocenters. The van der Waals surface area contributed by atoms with E-state index < -0.39 is 0 Å².